The van der Waals surface area contributed by atoms with Crippen molar-refractivity contribution in [2.45, 2.75) is 39.8 Å². The Labute approximate surface area is 170 Å². The summed E-state index contributed by atoms with van der Waals surface area (Å²) >= 11 is 0. The second-order valence-electron chi connectivity index (χ2n) is 7.18. The van der Waals surface area contributed by atoms with E-state index < -0.39 is 0 Å². The first kappa shape index (κ1) is 20.3. The summed E-state index contributed by atoms with van der Waals surface area (Å²) in [6.45, 7) is 6.43. The highest BCUT2D eigenvalue weighted by Crippen LogP contribution is 2.29. The molecule has 0 unspecified atom stereocenters. The monoisotopic (exact) mass is 389 g/mol. The van der Waals surface area contributed by atoms with Gasteiger partial charge >= 0.3 is 0 Å². The number of halogens is 1. The molecule has 0 aliphatic heterocycles. The van der Waals surface area contributed by atoms with Crippen molar-refractivity contribution in [3.8, 4) is 6.07 Å². The Hall–Kier alpha value is -3.39. The fourth-order valence-corrected chi connectivity index (χ4v) is 3.31. The first-order valence-electron chi connectivity index (χ1n) is 9.69. The van der Waals surface area contributed by atoms with Gasteiger partial charge in [0, 0.05) is 34.7 Å². The van der Waals surface area contributed by atoms with Crippen LogP contribution in [0.2, 0.25) is 0 Å². The molecule has 0 saturated carbocycles. The van der Waals surface area contributed by atoms with Gasteiger partial charge in [0.05, 0.1) is 0 Å². The summed E-state index contributed by atoms with van der Waals surface area (Å²) in [7, 11) is 0. The van der Waals surface area contributed by atoms with E-state index in [4.69, 9.17) is 0 Å². The van der Waals surface area contributed by atoms with E-state index in [-0.39, 0.29) is 23.3 Å². The highest BCUT2D eigenvalue weighted by molar-refractivity contribution is 6.04. The number of rotatable bonds is 6. The molecular weight excluding hydrogens is 365 g/mol. The molecule has 1 amide bonds. The molecule has 3 rings (SSSR count). The lowest BCUT2D eigenvalue weighted by molar-refractivity contribution is -0.117. The summed E-state index contributed by atoms with van der Waals surface area (Å²) in [5.41, 5.74) is 3.84. The lowest BCUT2D eigenvalue weighted by Crippen LogP contribution is -2.32. The van der Waals surface area contributed by atoms with E-state index in [9.17, 15) is 14.4 Å². The van der Waals surface area contributed by atoms with E-state index >= 15 is 0 Å². The normalized spacial score (nSPS) is 12.6. The van der Waals surface area contributed by atoms with Crippen molar-refractivity contribution >= 4 is 22.9 Å². The summed E-state index contributed by atoms with van der Waals surface area (Å²) in [5, 5.41) is 13.4. The zero-order valence-corrected chi connectivity index (χ0v) is 16.9. The van der Waals surface area contributed by atoms with Crippen molar-refractivity contribution in [3.05, 3.63) is 76.7 Å². The molecule has 1 aromatic heterocycles. The second-order valence-corrected chi connectivity index (χ2v) is 7.18. The maximum absolute atomic E-state index is 13.3. The number of amides is 1. The molecule has 0 saturated heterocycles. The molecule has 1 heterocycles. The minimum absolute atomic E-state index is 0.000153. The minimum Gasteiger partial charge on any atom is -0.349 e. The van der Waals surface area contributed by atoms with Crippen molar-refractivity contribution in [2.75, 3.05) is 0 Å². The number of nitriles is 1. The van der Waals surface area contributed by atoms with Gasteiger partial charge in [0.25, 0.3) is 5.91 Å². The molecule has 0 aliphatic rings. The van der Waals surface area contributed by atoms with Crippen LogP contribution in [0.15, 0.2) is 54.1 Å². The predicted molar refractivity (Wildman–Crippen MR) is 114 cm³/mol. The molecule has 4 nitrogen and oxygen atoms in total. The first-order valence-corrected chi connectivity index (χ1v) is 9.69. The molecule has 1 atom stereocenters. The fraction of sp³-hybridized carbons (Fsp3) is 0.250. The lowest BCUT2D eigenvalue weighted by atomic mass is 10.1. The van der Waals surface area contributed by atoms with Gasteiger partial charge in [0.1, 0.15) is 17.5 Å². The van der Waals surface area contributed by atoms with Crippen LogP contribution < -0.4 is 5.32 Å². The summed E-state index contributed by atoms with van der Waals surface area (Å²) in [4.78, 5) is 12.5. The van der Waals surface area contributed by atoms with Crippen molar-refractivity contribution in [3.63, 3.8) is 0 Å². The molecule has 3 aromatic rings. The Morgan fingerprint density at radius 1 is 1.24 bits per heavy atom. The molecule has 0 radical (unpaired) electrons. The molecule has 1 N–H and O–H groups in total. The van der Waals surface area contributed by atoms with Crippen LogP contribution in [0.4, 0.5) is 4.39 Å². The van der Waals surface area contributed by atoms with Crippen molar-refractivity contribution in [1.29, 1.82) is 5.26 Å². The van der Waals surface area contributed by atoms with E-state index in [0.717, 1.165) is 34.1 Å². The Morgan fingerprint density at radius 2 is 1.93 bits per heavy atom. The second kappa shape index (κ2) is 8.74. The number of fused-ring (bicyclic) bond motifs is 1. The smallest absolute Gasteiger partial charge is 0.262 e. The maximum atomic E-state index is 13.3. The SMILES string of the molecule is CC[C@@H](C)NC(=O)/C(C#N)=C/c1c(C)n(Cc2ccc(F)cc2)c2ccccc12. The van der Waals surface area contributed by atoms with Crippen LogP contribution in [0.3, 0.4) is 0 Å². The van der Waals surface area contributed by atoms with Gasteiger partial charge in [-0.05, 0) is 50.1 Å². The topological polar surface area (TPSA) is 57.8 Å². The fourth-order valence-electron chi connectivity index (χ4n) is 3.31. The summed E-state index contributed by atoms with van der Waals surface area (Å²) in [5.74, 6) is -0.631. The molecule has 148 valence electrons. The largest absolute Gasteiger partial charge is 0.349 e. The number of hydrogen-bond acceptors (Lipinski definition) is 2. The number of carbonyl (C=O) groups is 1. The minimum atomic E-state index is -0.364. The number of carbonyl (C=O) groups excluding carboxylic acids is 1. The third kappa shape index (κ3) is 4.38. The quantitative estimate of drug-likeness (QED) is 0.479. The molecule has 5 heteroatoms. The van der Waals surface area contributed by atoms with Gasteiger partial charge in [-0.2, -0.15) is 5.26 Å². The van der Waals surface area contributed by atoms with Gasteiger partial charge in [-0.3, -0.25) is 4.79 Å². The van der Waals surface area contributed by atoms with Gasteiger partial charge in [0.15, 0.2) is 0 Å². The lowest BCUT2D eigenvalue weighted by Gasteiger charge is -2.10. The van der Waals surface area contributed by atoms with Gasteiger partial charge in [-0.25, -0.2) is 4.39 Å². The zero-order valence-electron chi connectivity index (χ0n) is 16.9. The van der Waals surface area contributed by atoms with E-state index in [1.54, 1.807) is 18.2 Å². The Kier molecular flexibility index (Phi) is 6.13. The molecule has 0 spiro atoms. The van der Waals surface area contributed by atoms with Crippen LogP contribution in [0.25, 0.3) is 17.0 Å². The van der Waals surface area contributed by atoms with E-state index in [2.05, 4.69) is 9.88 Å². The standard InChI is InChI=1S/C24H24FN3O/c1-4-16(2)27-24(29)19(14-26)13-22-17(3)28(23-8-6-5-7-21(22)23)15-18-9-11-20(25)12-10-18/h5-13,16H,4,15H2,1-3H3,(H,27,29)/b19-13+/t16-/m1/s1. The van der Waals surface area contributed by atoms with Crippen LogP contribution in [0, 0.1) is 24.1 Å². The van der Waals surface area contributed by atoms with Crippen LogP contribution >= 0.6 is 0 Å². The van der Waals surface area contributed by atoms with Crippen LogP contribution in [-0.4, -0.2) is 16.5 Å². The van der Waals surface area contributed by atoms with E-state index in [1.807, 2.05) is 51.1 Å². The van der Waals surface area contributed by atoms with Gasteiger partial charge in [-0.1, -0.05) is 37.3 Å². The van der Waals surface area contributed by atoms with Crippen molar-refractivity contribution in [1.82, 2.24) is 9.88 Å². The first-order chi connectivity index (χ1) is 13.9. The van der Waals surface area contributed by atoms with E-state index in [1.165, 1.54) is 12.1 Å². The van der Waals surface area contributed by atoms with Crippen LogP contribution in [0.1, 0.15) is 37.1 Å². The highest BCUT2D eigenvalue weighted by Gasteiger charge is 2.17. The molecule has 0 fully saturated rings. The van der Waals surface area contributed by atoms with E-state index in [0.29, 0.717) is 6.54 Å². The Bertz CT molecular complexity index is 1100. The van der Waals surface area contributed by atoms with Gasteiger partial charge < -0.3 is 9.88 Å². The number of hydrogen-bond donors (Lipinski definition) is 1. The number of para-hydroxylation sites is 1. The highest BCUT2D eigenvalue weighted by atomic mass is 19.1. The van der Waals surface area contributed by atoms with Gasteiger partial charge in [0.2, 0.25) is 0 Å². The molecule has 2 aromatic carbocycles. The van der Waals surface area contributed by atoms with Crippen molar-refractivity contribution in [2.24, 2.45) is 0 Å². The molecular formula is C24H24FN3O. The molecule has 0 aliphatic carbocycles. The summed E-state index contributed by atoms with van der Waals surface area (Å²) in [6.07, 6.45) is 2.46. The van der Waals surface area contributed by atoms with Gasteiger partial charge in [-0.15, -0.1) is 0 Å². The third-order valence-electron chi connectivity index (χ3n) is 5.18. The predicted octanol–water partition coefficient (Wildman–Crippen LogP) is 4.96. The maximum Gasteiger partial charge on any atom is 0.262 e. The zero-order chi connectivity index (χ0) is 21.0. The number of benzene rings is 2. The molecule has 0 bridgehead atoms. The van der Waals surface area contributed by atoms with Crippen LogP contribution in [0.5, 0.6) is 0 Å². The average Bonchev–Trinajstić information content (AvgIpc) is 2.98. The molecule has 29 heavy (non-hydrogen) atoms. The van der Waals surface area contributed by atoms with Crippen molar-refractivity contribution < 1.29 is 9.18 Å². The van der Waals surface area contributed by atoms with Crippen LogP contribution in [-0.2, 0) is 11.3 Å². The number of aromatic nitrogens is 1. The Morgan fingerprint density at radius 3 is 2.59 bits per heavy atom. The third-order valence-corrected chi connectivity index (χ3v) is 5.18. The number of nitrogens with one attached hydrogen (secondary N) is 1. The summed E-state index contributed by atoms with van der Waals surface area (Å²) in [6, 6.07) is 16.3. The average molecular weight is 389 g/mol. The number of nitrogens with zero attached hydrogens (tertiary/aromatic N) is 2. The summed E-state index contributed by atoms with van der Waals surface area (Å²) < 4.78 is 15.4. The Balaban J connectivity index is 2.06.